The molecule has 0 radical (unpaired) electrons. The Labute approximate surface area is 89.2 Å². The topological polar surface area (TPSA) is 53.1 Å². The zero-order chi connectivity index (χ0) is 11.0. The fourth-order valence-electron chi connectivity index (χ4n) is 1.95. The van der Waals surface area contributed by atoms with Crippen molar-refractivity contribution >= 4 is 0 Å². The lowest BCUT2D eigenvalue weighted by atomic mass is 10.0. The minimum absolute atomic E-state index is 0.128. The molecule has 3 nitrogen and oxygen atoms in total. The van der Waals surface area contributed by atoms with E-state index in [9.17, 15) is 9.90 Å². The second kappa shape index (κ2) is 3.81. The molecule has 0 aliphatic heterocycles. The summed E-state index contributed by atoms with van der Waals surface area (Å²) >= 11 is 0. The Balaban J connectivity index is 2.39. The van der Waals surface area contributed by atoms with E-state index in [0.29, 0.717) is 11.5 Å². The molecule has 15 heavy (non-hydrogen) atoms. The molecule has 0 bridgehead atoms. The van der Waals surface area contributed by atoms with Crippen molar-refractivity contribution in [3.05, 3.63) is 33.2 Å². The highest BCUT2D eigenvalue weighted by atomic mass is 16.3. The van der Waals surface area contributed by atoms with Gasteiger partial charge in [0.2, 0.25) is 0 Å². The summed E-state index contributed by atoms with van der Waals surface area (Å²) < 4.78 is 0. The summed E-state index contributed by atoms with van der Waals surface area (Å²) in [6.45, 7) is 3.98. The normalized spacial score (nSPS) is 17.8. The molecule has 1 aromatic rings. The SMILES string of the molecule is CCc1[nH]c(=O)c(C(O)C2CC2)cc1C. The maximum absolute atomic E-state index is 11.7. The van der Waals surface area contributed by atoms with Crippen LogP contribution in [0.1, 0.15) is 42.7 Å². The summed E-state index contributed by atoms with van der Waals surface area (Å²) in [7, 11) is 0. The molecule has 1 aromatic heterocycles. The molecular formula is C12H17NO2. The monoisotopic (exact) mass is 207 g/mol. The Morgan fingerprint density at radius 3 is 2.80 bits per heavy atom. The first-order chi connectivity index (χ1) is 7.13. The van der Waals surface area contributed by atoms with Crippen molar-refractivity contribution in [3.8, 4) is 0 Å². The van der Waals surface area contributed by atoms with Crippen molar-refractivity contribution < 1.29 is 5.11 Å². The molecule has 82 valence electrons. The van der Waals surface area contributed by atoms with Gasteiger partial charge in [0.15, 0.2) is 0 Å². The smallest absolute Gasteiger partial charge is 0.253 e. The predicted octanol–water partition coefficient (Wildman–Crippen LogP) is 1.69. The number of aromatic nitrogens is 1. The molecule has 1 aliphatic carbocycles. The van der Waals surface area contributed by atoms with E-state index < -0.39 is 6.10 Å². The molecule has 1 heterocycles. The Morgan fingerprint density at radius 1 is 1.60 bits per heavy atom. The number of hydrogen-bond donors (Lipinski definition) is 2. The van der Waals surface area contributed by atoms with Crippen LogP contribution in [-0.2, 0) is 6.42 Å². The molecule has 3 heteroatoms. The third kappa shape index (κ3) is 1.97. The van der Waals surface area contributed by atoms with E-state index in [1.54, 1.807) is 0 Å². The molecule has 1 atom stereocenters. The van der Waals surface area contributed by atoms with Gasteiger partial charge in [-0.05, 0) is 43.7 Å². The van der Waals surface area contributed by atoms with Gasteiger partial charge in [-0.1, -0.05) is 6.92 Å². The molecule has 0 spiro atoms. The summed E-state index contributed by atoms with van der Waals surface area (Å²) in [5, 5.41) is 9.91. The lowest BCUT2D eigenvalue weighted by Crippen LogP contribution is -2.19. The van der Waals surface area contributed by atoms with Gasteiger partial charge in [-0.25, -0.2) is 0 Å². The molecule has 0 amide bonds. The molecule has 1 aliphatic rings. The molecule has 2 rings (SSSR count). The number of rotatable bonds is 3. The van der Waals surface area contributed by atoms with Gasteiger partial charge in [0.05, 0.1) is 6.10 Å². The summed E-state index contributed by atoms with van der Waals surface area (Å²) in [5.41, 5.74) is 2.43. The first-order valence-corrected chi connectivity index (χ1v) is 5.54. The number of H-pyrrole nitrogens is 1. The Kier molecular flexibility index (Phi) is 2.65. The second-order valence-electron chi connectivity index (χ2n) is 4.35. The molecule has 2 N–H and O–H groups in total. The molecule has 1 fully saturated rings. The zero-order valence-electron chi connectivity index (χ0n) is 9.21. The van der Waals surface area contributed by atoms with Crippen LogP contribution in [0.4, 0.5) is 0 Å². The number of aliphatic hydroxyl groups excluding tert-OH is 1. The Morgan fingerprint density at radius 2 is 2.27 bits per heavy atom. The maximum Gasteiger partial charge on any atom is 0.253 e. The average Bonchev–Trinajstić information content (AvgIpc) is 3.03. The second-order valence-corrected chi connectivity index (χ2v) is 4.35. The van der Waals surface area contributed by atoms with Crippen LogP contribution in [0.5, 0.6) is 0 Å². The number of hydrogen-bond acceptors (Lipinski definition) is 2. The summed E-state index contributed by atoms with van der Waals surface area (Å²) in [6.07, 6.45) is 2.32. The van der Waals surface area contributed by atoms with Crippen LogP contribution in [0.2, 0.25) is 0 Å². The summed E-state index contributed by atoms with van der Waals surface area (Å²) in [6, 6.07) is 1.83. The quantitative estimate of drug-likeness (QED) is 0.792. The number of aromatic amines is 1. The van der Waals surface area contributed by atoms with Crippen molar-refractivity contribution in [3.63, 3.8) is 0 Å². The third-order valence-corrected chi connectivity index (χ3v) is 3.12. The van der Waals surface area contributed by atoms with Crippen molar-refractivity contribution in [2.75, 3.05) is 0 Å². The largest absolute Gasteiger partial charge is 0.388 e. The van der Waals surface area contributed by atoms with Crippen LogP contribution in [0.25, 0.3) is 0 Å². The first kappa shape index (κ1) is 10.4. The molecule has 1 saturated carbocycles. The van der Waals surface area contributed by atoms with Crippen LogP contribution in [0.3, 0.4) is 0 Å². The van der Waals surface area contributed by atoms with Gasteiger partial charge in [0.1, 0.15) is 0 Å². The fraction of sp³-hybridized carbons (Fsp3) is 0.583. The number of aliphatic hydroxyl groups is 1. The number of aryl methyl sites for hydroxylation is 2. The standard InChI is InChI=1S/C12H17NO2/c1-3-10-7(2)6-9(12(15)13-10)11(14)8-4-5-8/h6,8,11,14H,3-5H2,1-2H3,(H,13,15). The van der Waals surface area contributed by atoms with Gasteiger partial charge < -0.3 is 10.1 Å². The van der Waals surface area contributed by atoms with Gasteiger partial charge in [-0.3, -0.25) is 4.79 Å². The van der Waals surface area contributed by atoms with Gasteiger partial charge in [0.25, 0.3) is 5.56 Å². The van der Waals surface area contributed by atoms with Crippen LogP contribution >= 0.6 is 0 Å². The Bertz CT molecular complexity index is 418. The van der Waals surface area contributed by atoms with Crippen LogP contribution < -0.4 is 5.56 Å². The van der Waals surface area contributed by atoms with E-state index in [0.717, 1.165) is 30.5 Å². The van der Waals surface area contributed by atoms with Crippen molar-refractivity contribution in [1.29, 1.82) is 0 Å². The molecule has 1 unspecified atom stereocenters. The minimum Gasteiger partial charge on any atom is -0.388 e. The fourth-order valence-corrected chi connectivity index (χ4v) is 1.95. The first-order valence-electron chi connectivity index (χ1n) is 5.54. The predicted molar refractivity (Wildman–Crippen MR) is 58.9 cm³/mol. The van der Waals surface area contributed by atoms with Crippen molar-refractivity contribution in [2.24, 2.45) is 5.92 Å². The van der Waals surface area contributed by atoms with E-state index in [2.05, 4.69) is 4.98 Å². The number of pyridine rings is 1. The van der Waals surface area contributed by atoms with Crippen molar-refractivity contribution in [2.45, 2.75) is 39.2 Å². The highest BCUT2D eigenvalue weighted by Crippen LogP contribution is 2.39. The Hall–Kier alpha value is -1.09. The van der Waals surface area contributed by atoms with Crippen LogP contribution in [-0.4, -0.2) is 10.1 Å². The highest BCUT2D eigenvalue weighted by molar-refractivity contribution is 5.26. The number of nitrogens with one attached hydrogen (secondary N) is 1. The highest BCUT2D eigenvalue weighted by Gasteiger charge is 2.32. The zero-order valence-corrected chi connectivity index (χ0v) is 9.21. The summed E-state index contributed by atoms with van der Waals surface area (Å²) in [5.74, 6) is 0.304. The van der Waals surface area contributed by atoms with Gasteiger partial charge >= 0.3 is 0 Å². The maximum atomic E-state index is 11.7. The van der Waals surface area contributed by atoms with E-state index in [4.69, 9.17) is 0 Å². The van der Waals surface area contributed by atoms with Crippen molar-refractivity contribution in [1.82, 2.24) is 4.98 Å². The third-order valence-electron chi connectivity index (χ3n) is 3.12. The molecule has 0 aromatic carbocycles. The van der Waals surface area contributed by atoms with Gasteiger partial charge in [-0.15, -0.1) is 0 Å². The lowest BCUT2D eigenvalue weighted by molar-refractivity contribution is 0.152. The molecule has 0 saturated heterocycles. The van der Waals surface area contributed by atoms with E-state index in [1.165, 1.54) is 0 Å². The van der Waals surface area contributed by atoms with Crippen LogP contribution in [0, 0.1) is 12.8 Å². The summed E-state index contributed by atoms with van der Waals surface area (Å²) in [4.78, 5) is 14.6. The minimum atomic E-state index is -0.571. The van der Waals surface area contributed by atoms with Crippen LogP contribution in [0.15, 0.2) is 10.9 Å². The van der Waals surface area contributed by atoms with E-state index in [-0.39, 0.29) is 5.56 Å². The molecular weight excluding hydrogens is 190 g/mol. The lowest BCUT2D eigenvalue weighted by Gasteiger charge is -2.11. The van der Waals surface area contributed by atoms with E-state index in [1.807, 2.05) is 19.9 Å². The van der Waals surface area contributed by atoms with Gasteiger partial charge in [0, 0.05) is 11.3 Å². The van der Waals surface area contributed by atoms with Gasteiger partial charge in [-0.2, -0.15) is 0 Å². The average molecular weight is 207 g/mol. The van der Waals surface area contributed by atoms with E-state index >= 15 is 0 Å².